The summed E-state index contributed by atoms with van der Waals surface area (Å²) in [6.45, 7) is -0.378. The van der Waals surface area contributed by atoms with Crippen LogP contribution in [0.15, 0.2) is 6.07 Å². The van der Waals surface area contributed by atoms with Gasteiger partial charge in [0, 0.05) is 12.1 Å². The van der Waals surface area contributed by atoms with Crippen LogP contribution in [0.3, 0.4) is 0 Å². The Balaban J connectivity index is 3.37. The molecular formula is C8H7F3N2O2. The van der Waals surface area contributed by atoms with E-state index >= 15 is 0 Å². The summed E-state index contributed by atoms with van der Waals surface area (Å²) >= 11 is 0. The van der Waals surface area contributed by atoms with Crippen molar-refractivity contribution >= 4 is 5.97 Å². The van der Waals surface area contributed by atoms with Crippen LogP contribution in [-0.4, -0.2) is 16.1 Å². The maximum absolute atomic E-state index is 12.9. The van der Waals surface area contributed by atoms with Crippen LogP contribution in [0.25, 0.3) is 0 Å². The van der Waals surface area contributed by atoms with Gasteiger partial charge >= 0.3 is 5.97 Å². The summed E-state index contributed by atoms with van der Waals surface area (Å²) in [7, 11) is 0. The van der Waals surface area contributed by atoms with Gasteiger partial charge in [0.15, 0.2) is 0 Å². The SMILES string of the molecule is NCc1nc(F)c(C(=O)O)cc1C(F)F. The molecule has 0 amide bonds. The number of carboxylic acid groups (broad SMARTS) is 1. The van der Waals surface area contributed by atoms with Gasteiger partial charge in [0.25, 0.3) is 6.43 Å². The van der Waals surface area contributed by atoms with Crippen molar-refractivity contribution in [1.29, 1.82) is 0 Å². The van der Waals surface area contributed by atoms with Gasteiger partial charge in [0.1, 0.15) is 5.56 Å². The molecular weight excluding hydrogens is 213 g/mol. The second-order valence-corrected chi connectivity index (χ2v) is 2.67. The molecule has 0 saturated heterocycles. The predicted octanol–water partition coefficient (Wildman–Crippen LogP) is 1.32. The highest BCUT2D eigenvalue weighted by Crippen LogP contribution is 2.23. The summed E-state index contributed by atoms with van der Waals surface area (Å²) in [5, 5.41) is 8.48. The molecule has 1 rings (SSSR count). The summed E-state index contributed by atoms with van der Waals surface area (Å²) < 4.78 is 37.7. The van der Waals surface area contributed by atoms with Crippen molar-refractivity contribution in [3.05, 3.63) is 28.8 Å². The van der Waals surface area contributed by atoms with Gasteiger partial charge in [-0.05, 0) is 6.07 Å². The smallest absolute Gasteiger partial charge is 0.340 e. The predicted molar refractivity (Wildman–Crippen MR) is 44.0 cm³/mol. The fourth-order valence-electron chi connectivity index (χ4n) is 1.04. The molecule has 4 nitrogen and oxygen atoms in total. The Morgan fingerprint density at radius 3 is 2.60 bits per heavy atom. The van der Waals surface area contributed by atoms with Gasteiger partial charge < -0.3 is 10.8 Å². The molecule has 1 aromatic rings. The van der Waals surface area contributed by atoms with E-state index in [-0.39, 0.29) is 12.2 Å². The molecule has 0 unspecified atom stereocenters. The zero-order valence-electron chi connectivity index (χ0n) is 7.38. The highest BCUT2D eigenvalue weighted by Gasteiger charge is 2.20. The number of hydrogen-bond donors (Lipinski definition) is 2. The molecule has 0 fully saturated rings. The van der Waals surface area contributed by atoms with E-state index in [1.807, 2.05) is 0 Å². The summed E-state index contributed by atoms with van der Waals surface area (Å²) in [6.07, 6.45) is -2.94. The van der Waals surface area contributed by atoms with Crippen molar-refractivity contribution < 1.29 is 23.1 Å². The molecule has 0 radical (unpaired) electrons. The average molecular weight is 220 g/mol. The molecule has 15 heavy (non-hydrogen) atoms. The molecule has 1 aromatic heterocycles. The van der Waals surface area contributed by atoms with Gasteiger partial charge in [-0.3, -0.25) is 0 Å². The second kappa shape index (κ2) is 4.26. The number of carbonyl (C=O) groups is 1. The van der Waals surface area contributed by atoms with Crippen LogP contribution in [0.5, 0.6) is 0 Å². The fraction of sp³-hybridized carbons (Fsp3) is 0.250. The third-order valence-electron chi connectivity index (χ3n) is 1.75. The third-order valence-corrected chi connectivity index (χ3v) is 1.75. The minimum absolute atomic E-state index is 0.340. The quantitative estimate of drug-likeness (QED) is 0.753. The topological polar surface area (TPSA) is 76.2 Å². The van der Waals surface area contributed by atoms with E-state index in [0.29, 0.717) is 6.07 Å². The summed E-state index contributed by atoms with van der Waals surface area (Å²) in [6, 6.07) is 0.553. The maximum Gasteiger partial charge on any atom is 0.340 e. The number of pyridine rings is 1. The van der Waals surface area contributed by atoms with Crippen LogP contribution in [0, 0.1) is 5.95 Å². The largest absolute Gasteiger partial charge is 0.478 e. The van der Waals surface area contributed by atoms with Gasteiger partial charge in [-0.1, -0.05) is 0 Å². The molecule has 0 aliphatic heterocycles. The zero-order valence-corrected chi connectivity index (χ0v) is 7.38. The summed E-state index contributed by atoms with van der Waals surface area (Å²) in [4.78, 5) is 13.5. The maximum atomic E-state index is 12.9. The lowest BCUT2D eigenvalue weighted by atomic mass is 10.1. The average Bonchev–Trinajstić information content (AvgIpc) is 2.16. The first-order chi connectivity index (χ1) is 6.97. The normalized spacial score (nSPS) is 10.7. The Morgan fingerprint density at radius 2 is 2.20 bits per heavy atom. The number of rotatable bonds is 3. The lowest BCUT2D eigenvalue weighted by Gasteiger charge is -2.07. The van der Waals surface area contributed by atoms with E-state index in [4.69, 9.17) is 10.8 Å². The molecule has 0 aliphatic rings. The molecule has 1 heterocycles. The van der Waals surface area contributed by atoms with Gasteiger partial charge in [-0.2, -0.15) is 4.39 Å². The Labute approximate surface area is 82.5 Å². The van der Waals surface area contributed by atoms with Gasteiger partial charge in [0.2, 0.25) is 5.95 Å². The molecule has 3 N–H and O–H groups in total. The van der Waals surface area contributed by atoms with E-state index in [0.717, 1.165) is 0 Å². The number of halogens is 3. The lowest BCUT2D eigenvalue weighted by Crippen LogP contribution is -2.11. The van der Waals surface area contributed by atoms with Crippen LogP contribution in [0.4, 0.5) is 13.2 Å². The zero-order chi connectivity index (χ0) is 11.6. The highest BCUT2D eigenvalue weighted by atomic mass is 19.3. The Hall–Kier alpha value is -1.63. The monoisotopic (exact) mass is 220 g/mol. The van der Waals surface area contributed by atoms with E-state index in [1.165, 1.54) is 0 Å². The fourth-order valence-corrected chi connectivity index (χ4v) is 1.04. The van der Waals surface area contributed by atoms with Crippen LogP contribution < -0.4 is 5.73 Å². The standard InChI is InChI=1S/C8H7F3N2O2/c9-6(10)3-1-4(8(14)15)7(11)13-5(3)2-12/h1,6H,2,12H2,(H,14,15). The first-order valence-corrected chi connectivity index (χ1v) is 3.88. The minimum Gasteiger partial charge on any atom is -0.478 e. The number of carboxylic acids is 1. The number of aromatic nitrogens is 1. The van der Waals surface area contributed by atoms with Crippen LogP contribution >= 0.6 is 0 Å². The number of alkyl halides is 2. The van der Waals surface area contributed by atoms with Crippen LogP contribution in [0.1, 0.15) is 28.0 Å². The van der Waals surface area contributed by atoms with Gasteiger partial charge in [-0.15, -0.1) is 0 Å². The molecule has 0 saturated carbocycles. The second-order valence-electron chi connectivity index (χ2n) is 2.67. The highest BCUT2D eigenvalue weighted by molar-refractivity contribution is 5.87. The number of nitrogens with two attached hydrogens (primary N) is 1. The van der Waals surface area contributed by atoms with Crippen molar-refractivity contribution in [3.8, 4) is 0 Å². The minimum atomic E-state index is -2.94. The molecule has 82 valence electrons. The summed E-state index contributed by atoms with van der Waals surface area (Å²) in [5.74, 6) is -2.96. The van der Waals surface area contributed by atoms with Crippen molar-refractivity contribution in [1.82, 2.24) is 4.98 Å². The third kappa shape index (κ3) is 2.24. The van der Waals surface area contributed by atoms with Crippen molar-refractivity contribution in [3.63, 3.8) is 0 Å². The molecule has 0 aromatic carbocycles. The number of nitrogens with zero attached hydrogens (tertiary/aromatic N) is 1. The van der Waals surface area contributed by atoms with E-state index in [1.54, 1.807) is 0 Å². The number of aromatic carboxylic acids is 1. The molecule has 0 atom stereocenters. The molecule has 7 heteroatoms. The van der Waals surface area contributed by atoms with Crippen LogP contribution in [-0.2, 0) is 6.54 Å². The Kier molecular flexibility index (Phi) is 3.25. The van der Waals surface area contributed by atoms with Crippen molar-refractivity contribution in [2.45, 2.75) is 13.0 Å². The van der Waals surface area contributed by atoms with Gasteiger partial charge in [0.05, 0.1) is 5.69 Å². The van der Waals surface area contributed by atoms with E-state index in [9.17, 15) is 18.0 Å². The molecule has 0 bridgehead atoms. The Bertz CT molecular complexity index is 396. The van der Waals surface area contributed by atoms with Crippen molar-refractivity contribution in [2.75, 3.05) is 0 Å². The first-order valence-electron chi connectivity index (χ1n) is 3.88. The summed E-state index contributed by atoms with van der Waals surface area (Å²) in [5.41, 5.74) is 3.19. The number of hydrogen-bond acceptors (Lipinski definition) is 3. The molecule has 0 aliphatic carbocycles. The van der Waals surface area contributed by atoms with E-state index < -0.39 is 29.5 Å². The molecule has 0 spiro atoms. The van der Waals surface area contributed by atoms with Crippen LogP contribution in [0.2, 0.25) is 0 Å². The Morgan fingerprint density at radius 1 is 1.60 bits per heavy atom. The van der Waals surface area contributed by atoms with Gasteiger partial charge in [-0.25, -0.2) is 18.6 Å². The van der Waals surface area contributed by atoms with E-state index in [2.05, 4.69) is 4.98 Å². The first kappa shape index (κ1) is 11.4. The lowest BCUT2D eigenvalue weighted by molar-refractivity contribution is 0.0690. The van der Waals surface area contributed by atoms with Crippen molar-refractivity contribution in [2.24, 2.45) is 5.73 Å².